The lowest BCUT2D eigenvalue weighted by Crippen LogP contribution is -2.19. The van der Waals surface area contributed by atoms with Crippen molar-refractivity contribution in [3.05, 3.63) is 58.7 Å². The van der Waals surface area contributed by atoms with Crippen LogP contribution in [0.4, 0.5) is 11.4 Å². The zero-order valence-electron chi connectivity index (χ0n) is 13.8. The molecule has 24 heavy (non-hydrogen) atoms. The molecule has 2 aliphatic rings. The minimum Gasteiger partial charge on any atom is -0.398 e. The predicted molar refractivity (Wildman–Crippen MR) is 96.8 cm³/mol. The van der Waals surface area contributed by atoms with Crippen LogP contribution in [0.5, 0.6) is 0 Å². The van der Waals surface area contributed by atoms with Gasteiger partial charge in [0.25, 0.3) is 0 Å². The van der Waals surface area contributed by atoms with E-state index in [2.05, 4.69) is 12.1 Å². The molecular weight excluding hydrogens is 300 g/mol. The molecule has 0 aliphatic heterocycles. The molecule has 0 saturated heterocycles. The number of hydrogen-bond acceptors (Lipinski definition) is 4. The molecule has 0 aromatic heterocycles. The van der Waals surface area contributed by atoms with Gasteiger partial charge in [0, 0.05) is 30.6 Å². The Hall–Kier alpha value is -2.33. The number of carbonyl (C=O) groups excluding carboxylic acids is 1. The Balaban J connectivity index is 0.000000141. The van der Waals surface area contributed by atoms with Gasteiger partial charge in [-0.15, -0.1) is 0 Å². The van der Waals surface area contributed by atoms with Crippen LogP contribution in [0, 0.1) is 0 Å². The standard InChI is InChI=1S/C10H13NO.C10H11NO/c2*11-10-3-1-2-7-4-5-8(12)6-9(7)10/h1-3,8,12H,4-6,11H2;1-3H,4-6,11H2. The zero-order valence-corrected chi connectivity index (χ0v) is 13.8. The summed E-state index contributed by atoms with van der Waals surface area (Å²) in [6.07, 6.45) is 4.43. The highest BCUT2D eigenvalue weighted by molar-refractivity contribution is 5.85. The molecule has 0 bridgehead atoms. The van der Waals surface area contributed by atoms with Crippen LogP contribution < -0.4 is 11.5 Å². The summed E-state index contributed by atoms with van der Waals surface area (Å²) in [5.74, 6) is 0.306. The lowest BCUT2D eigenvalue weighted by molar-refractivity contribution is -0.118. The van der Waals surface area contributed by atoms with E-state index in [0.717, 1.165) is 48.2 Å². The maximum Gasteiger partial charge on any atom is 0.137 e. The van der Waals surface area contributed by atoms with Crippen LogP contribution in [0.25, 0.3) is 0 Å². The number of nitrogens with two attached hydrogens (primary N) is 2. The van der Waals surface area contributed by atoms with Gasteiger partial charge >= 0.3 is 0 Å². The van der Waals surface area contributed by atoms with E-state index in [0.29, 0.717) is 18.6 Å². The van der Waals surface area contributed by atoms with Crippen LogP contribution in [-0.4, -0.2) is 17.0 Å². The average molecular weight is 324 g/mol. The van der Waals surface area contributed by atoms with Crippen LogP contribution in [0.15, 0.2) is 36.4 Å². The van der Waals surface area contributed by atoms with Crippen molar-refractivity contribution in [3.8, 4) is 0 Å². The Bertz CT molecular complexity index is 755. The number of aliphatic hydroxyl groups is 1. The van der Waals surface area contributed by atoms with Crippen molar-refractivity contribution in [3.63, 3.8) is 0 Å². The third-order valence-corrected chi connectivity index (χ3v) is 4.85. The number of anilines is 2. The van der Waals surface area contributed by atoms with Gasteiger partial charge in [-0.3, -0.25) is 4.79 Å². The molecule has 1 atom stereocenters. The van der Waals surface area contributed by atoms with E-state index in [9.17, 15) is 9.90 Å². The fourth-order valence-corrected chi connectivity index (χ4v) is 3.46. The molecule has 4 nitrogen and oxygen atoms in total. The van der Waals surface area contributed by atoms with Gasteiger partial charge < -0.3 is 16.6 Å². The van der Waals surface area contributed by atoms with Crippen molar-refractivity contribution in [2.24, 2.45) is 0 Å². The number of nitrogen functional groups attached to an aromatic ring is 2. The number of hydrogen-bond donors (Lipinski definition) is 3. The highest BCUT2D eigenvalue weighted by Gasteiger charge is 2.18. The lowest BCUT2D eigenvalue weighted by Gasteiger charge is -2.21. The van der Waals surface area contributed by atoms with Crippen molar-refractivity contribution < 1.29 is 9.90 Å². The van der Waals surface area contributed by atoms with E-state index in [1.807, 2.05) is 24.3 Å². The maximum atomic E-state index is 11.1. The first kappa shape index (κ1) is 16.5. The predicted octanol–water partition coefficient (Wildman–Crippen LogP) is 2.45. The Labute approximate surface area is 142 Å². The monoisotopic (exact) mass is 324 g/mol. The van der Waals surface area contributed by atoms with Crippen LogP contribution in [0.1, 0.15) is 35.1 Å². The van der Waals surface area contributed by atoms with E-state index < -0.39 is 0 Å². The van der Waals surface area contributed by atoms with Gasteiger partial charge in [0.05, 0.1) is 6.10 Å². The number of aryl methyl sites for hydroxylation is 2. The minimum absolute atomic E-state index is 0.192. The number of Topliss-reactive ketones (excluding diaryl/α,β-unsaturated/α-hetero) is 1. The average Bonchev–Trinajstić information content (AvgIpc) is 2.57. The molecule has 2 aromatic carbocycles. The van der Waals surface area contributed by atoms with E-state index in [1.165, 1.54) is 11.1 Å². The molecule has 0 radical (unpaired) electrons. The topological polar surface area (TPSA) is 89.3 Å². The number of carbonyl (C=O) groups is 1. The number of aliphatic hydroxyl groups excluding tert-OH is 1. The van der Waals surface area contributed by atoms with Crippen molar-refractivity contribution in [2.75, 3.05) is 11.5 Å². The van der Waals surface area contributed by atoms with Crippen molar-refractivity contribution in [2.45, 2.75) is 44.6 Å². The van der Waals surface area contributed by atoms with Gasteiger partial charge in [-0.25, -0.2) is 0 Å². The van der Waals surface area contributed by atoms with Crippen LogP contribution in [0.2, 0.25) is 0 Å². The summed E-state index contributed by atoms with van der Waals surface area (Å²) in [5.41, 5.74) is 17.9. The van der Waals surface area contributed by atoms with Crippen molar-refractivity contribution in [1.82, 2.24) is 0 Å². The Kier molecular flexibility index (Phi) is 4.86. The molecule has 4 heteroatoms. The summed E-state index contributed by atoms with van der Waals surface area (Å²) in [5, 5.41) is 9.42. The van der Waals surface area contributed by atoms with Gasteiger partial charge in [-0.1, -0.05) is 24.3 Å². The number of ketones is 1. The third-order valence-electron chi connectivity index (χ3n) is 4.85. The first-order valence-electron chi connectivity index (χ1n) is 8.47. The molecule has 0 fully saturated rings. The highest BCUT2D eigenvalue weighted by Crippen LogP contribution is 2.26. The van der Waals surface area contributed by atoms with E-state index >= 15 is 0 Å². The summed E-state index contributed by atoms with van der Waals surface area (Å²) in [4.78, 5) is 11.1. The largest absolute Gasteiger partial charge is 0.398 e. The Morgan fingerprint density at radius 3 is 2.21 bits per heavy atom. The van der Waals surface area contributed by atoms with Gasteiger partial charge in [0.2, 0.25) is 0 Å². The molecule has 2 aliphatic carbocycles. The fourth-order valence-electron chi connectivity index (χ4n) is 3.46. The second-order valence-corrected chi connectivity index (χ2v) is 6.58. The lowest BCUT2D eigenvalue weighted by atomic mass is 9.89. The third kappa shape index (κ3) is 3.60. The fraction of sp³-hybridized carbons (Fsp3) is 0.350. The number of fused-ring (bicyclic) bond motifs is 2. The second kappa shape index (κ2) is 7.05. The molecule has 126 valence electrons. The molecule has 2 aromatic rings. The molecule has 4 rings (SSSR count). The second-order valence-electron chi connectivity index (χ2n) is 6.58. The minimum atomic E-state index is -0.192. The zero-order chi connectivity index (χ0) is 17.1. The highest BCUT2D eigenvalue weighted by atomic mass is 16.3. The van der Waals surface area contributed by atoms with Crippen LogP contribution >= 0.6 is 0 Å². The molecule has 0 heterocycles. The summed E-state index contributed by atoms with van der Waals surface area (Å²) in [7, 11) is 0. The molecular formula is C20H24N2O2. The van der Waals surface area contributed by atoms with Gasteiger partial charge in [-0.05, 0) is 53.6 Å². The van der Waals surface area contributed by atoms with Crippen molar-refractivity contribution >= 4 is 17.2 Å². The Morgan fingerprint density at radius 1 is 0.875 bits per heavy atom. The molecule has 0 saturated carbocycles. The number of benzene rings is 2. The van der Waals surface area contributed by atoms with Gasteiger partial charge in [0.1, 0.15) is 5.78 Å². The van der Waals surface area contributed by atoms with Crippen LogP contribution in [0.3, 0.4) is 0 Å². The van der Waals surface area contributed by atoms with Gasteiger partial charge in [0.15, 0.2) is 0 Å². The van der Waals surface area contributed by atoms with E-state index in [-0.39, 0.29) is 6.10 Å². The first-order valence-corrected chi connectivity index (χ1v) is 8.47. The first-order chi connectivity index (χ1) is 11.5. The smallest absolute Gasteiger partial charge is 0.137 e. The quantitative estimate of drug-likeness (QED) is 0.649. The van der Waals surface area contributed by atoms with Crippen LogP contribution in [-0.2, 0) is 30.5 Å². The molecule has 1 unspecified atom stereocenters. The van der Waals surface area contributed by atoms with Gasteiger partial charge in [-0.2, -0.15) is 0 Å². The van der Waals surface area contributed by atoms with E-state index in [1.54, 1.807) is 0 Å². The molecule has 0 spiro atoms. The summed E-state index contributed by atoms with van der Waals surface area (Å²) >= 11 is 0. The summed E-state index contributed by atoms with van der Waals surface area (Å²) in [6, 6.07) is 11.8. The summed E-state index contributed by atoms with van der Waals surface area (Å²) in [6.45, 7) is 0. The molecule has 5 N–H and O–H groups in total. The van der Waals surface area contributed by atoms with Crippen molar-refractivity contribution in [1.29, 1.82) is 0 Å². The molecule has 0 amide bonds. The van der Waals surface area contributed by atoms with E-state index in [4.69, 9.17) is 11.5 Å². The normalized spacial score (nSPS) is 18.9. The Morgan fingerprint density at radius 2 is 1.50 bits per heavy atom. The maximum absolute atomic E-state index is 11.1. The number of rotatable bonds is 0. The summed E-state index contributed by atoms with van der Waals surface area (Å²) < 4.78 is 0. The SMILES string of the molecule is Nc1cccc2c1CC(=O)CC2.Nc1cccc2c1CC(O)CC2.